The normalized spacial score (nSPS) is 16.8. The molecule has 1 fully saturated rings. The molecule has 1 aliphatic heterocycles. The van der Waals surface area contributed by atoms with Gasteiger partial charge in [0.1, 0.15) is 0 Å². The Bertz CT molecular complexity index is 943. The molecule has 2 N–H and O–H groups in total. The van der Waals surface area contributed by atoms with E-state index in [4.69, 9.17) is 17.0 Å². The van der Waals surface area contributed by atoms with Crippen LogP contribution in [-0.4, -0.2) is 59.2 Å². The Morgan fingerprint density at radius 2 is 2.18 bits per heavy atom. The van der Waals surface area contributed by atoms with Gasteiger partial charge in [-0.05, 0) is 56.3 Å². The minimum absolute atomic E-state index is 0.0909. The number of hydrogen-bond acceptors (Lipinski definition) is 5. The highest BCUT2D eigenvalue weighted by atomic mass is 32.1. The highest BCUT2D eigenvalue weighted by Gasteiger charge is 2.17. The van der Waals surface area contributed by atoms with Gasteiger partial charge >= 0.3 is 0 Å². The van der Waals surface area contributed by atoms with Crippen LogP contribution in [-0.2, 0) is 11.3 Å². The van der Waals surface area contributed by atoms with Gasteiger partial charge < -0.3 is 19.9 Å². The van der Waals surface area contributed by atoms with Gasteiger partial charge in [0.2, 0.25) is 0 Å². The van der Waals surface area contributed by atoms with E-state index in [0.717, 1.165) is 39.1 Å². The largest absolute Gasteiger partial charge is 0.376 e. The fourth-order valence-electron chi connectivity index (χ4n) is 3.49. The van der Waals surface area contributed by atoms with Crippen molar-refractivity contribution >= 4 is 29.0 Å². The second-order valence-electron chi connectivity index (χ2n) is 7.02. The molecular formula is C20H28N4O3S. The Morgan fingerprint density at radius 3 is 2.86 bits per heavy atom. The van der Waals surface area contributed by atoms with Crippen LogP contribution in [0.2, 0.25) is 0 Å². The fourth-order valence-corrected chi connectivity index (χ4v) is 3.78. The van der Waals surface area contributed by atoms with Crippen LogP contribution < -0.4 is 10.9 Å². The summed E-state index contributed by atoms with van der Waals surface area (Å²) in [5.41, 5.74) is 0.951. The highest BCUT2D eigenvalue weighted by molar-refractivity contribution is 7.71. The Morgan fingerprint density at radius 1 is 1.39 bits per heavy atom. The van der Waals surface area contributed by atoms with Crippen LogP contribution in [0.25, 0.3) is 10.9 Å². The Labute approximate surface area is 169 Å². The van der Waals surface area contributed by atoms with Crippen molar-refractivity contribution in [1.82, 2.24) is 19.8 Å². The van der Waals surface area contributed by atoms with Gasteiger partial charge in [-0.15, -0.1) is 0 Å². The summed E-state index contributed by atoms with van der Waals surface area (Å²) >= 11 is 5.40. The third kappa shape index (κ3) is 4.68. The SMILES string of the molecule is CCN(CC)CCn1c(=S)[nH]c2cc(C(=O)NC[C@@H]3CCCO3)ccc2c1=O. The number of carbonyl (C=O) groups excluding carboxylic acids is 1. The third-order valence-electron chi connectivity index (χ3n) is 5.29. The second-order valence-corrected chi connectivity index (χ2v) is 7.41. The molecule has 7 nitrogen and oxygen atoms in total. The average molecular weight is 405 g/mol. The van der Waals surface area contributed by atoms with Crippen molar-refractivity contribution in [2.75, 3.05) is 32.8 Å². The molecule has 0 saturated carbocycles. The fraction of sp³-hybridized carbons (Fsp3) is 0.550. The molecule has 0 spiro atoms. The van der Waals surface area contributed by atoms with Crippen LogP contribution in [0, 0.1) is 4.77 Å². The summed E-state index contributed by atoms with van der Waals surface area (Å²) in [6.45, 7) is 8.61. The van der Waals surface area contributed by atoms with Crippen molar-refractivity contribution in [3.63, 3.8) is 0 Å². The van der Waals surface area contributed by atoms with Crippen LogP contribution in [0.15, 0.2) is 23.0 Å². The molecule has 2 heterocycles. The number of ether oxygens (including phenoxy) is 1. The molecule has 1 aliphatic rings. The van der Waals surface area contributed by atoms with E-state index >= 15 is 0 Å². The molecule has 1 saturated heterocycles. The zero-order valence-electron chi connectivity index (χ0n) is 16.5. The maximum absolute atomic E-state index is 12.9. The van der Waals surface area contributed by atoms with E-state index in [-0.39, 0.29) is 17.6 Å². The van der Waals surface area contributed by atoms with Crippen LogP contribution in [0.4, 0.5) is 0 Å². The summed E-state index contributed by atoms with van der Waals surface area (Å²) in [5, 5.41) is 3.43. The topological polar surface area (TPSA) is 79.4 Å². The van der Waals surface area contributed by atoms with Gasteiger partial charge in [0.25, 0.3) is 11.5 Å². The van der Waals surface area contributed by atoms with E-state index in [0.29, 0.717) is 34.3 Å². The first kappa shape index (κ1) is 20.7. The lowest BCUT2D eigenvalue weighted by molar-refractivity contribution is 0.0858. The van der Waals surface area contributed by atoms with Crippen LogP contribution >= 0.6 is 12.2 Å². The second kappa shape index (κ2) is 9.45. The minimum Gasteiger partial charge on any atom is -0.376 e. The number of aromatic amines is 1. The number of carbonyl (C=O) groups is 1. The van der Waals surface area contributed by atoms with E-state index in [1.54, 1.807) is 22.8 Å². The zero-order chi connectivity index (χ0) is 20.1. The Hall–Kier alpha value is -2.03. The van der Waals surface area contributed by atoms with Gasteiger partial charge in [0.05, 0.1) is 17.0 Å². The molecule has 8 heteroatoms. The number of amides is 1. The summed E-state index contributed by atoms with van der Waals surface area (Å²) in [4.78, 5) is 30.6. The number of nitrogens with one attached hydrogen (secondary N) is 2. The molecule has 0 bridgehead atoms. The van der Waals surface area contributed by atoms with E-state index in [1.165, 1.54) is 0 Å². The third-order valence-corrected chi connectivity index (χ3v) is 5.62. The van der Waals surface area contributed by atoms with Gasteiger partial charge in [-0.3, -0.25) is 14.2 Å². The number of benzene rings is 1. The number of H-pyrrole nitrogens is 1. The van der Waals surface area contributed by atoms with Crippen LogP contribution in [0.1, 0.15) is 37.0 Å². The lowest BCUT2D eigenvalue weighted by Crippen LogP contribution is -2.32. The Kier molecular flexibility index (Phi) is 6.98. The monoisotopic (exact) mass is 404 g/mol. The first-order chi connectivity index (χ1) is 13.5. The lowest BCUT2D eigenvalue weighted by atomic mass is 10.1. The lowest BCUT2D eigenvalue weighted by Gasteiger charge is -2.18. The molecule has 1 amide bonds. The predicted molar refractivity (Wildman–Crippen MR) is 112 cm³/mol. The van der Waals surface area contributed by atoms with Gasteiger partial charge in [-0.1, -0.05) is 13.8 Å². The van der Waals surface area contributed by atoms with Gasteiger partial charge in [-0.2, -0.15) is 0 Å². The summed E-state index contributed by atoms with van der Waals surface area (Å²) in [6, 6.07) is 5.06. The molecule has 1 atom stereocenters. The molecule has 0 aliphatic carbocycles. The molecule has 28 heavy (non-hydrogen) atoms. The highest BCUT2D eigenvalue weighted by Crippen LogP contribution is 2.13. The van der Waals surface area contributed by atoms with Crippen LogP contribution in [0.5, 0.6) is 0 Å². The smallest absolute Gasteiger partial charge is 0.262 e. The number of likely N-dealkylation sites (N-methyl/N-ethyl adjacent to an activating group) is 1. The summed E-state index contributed by atoms with van der Waals surface area (Å²) < 4.78 is 7.49. The van der Waals surface area contributed by atoms with E-state index in [2.05, 4.69) is 29.0 Å². The van der Waals surface area contributed by atoms with E-state index < -0.39 is 0 Å². The number of aromatic nitrogens is 2. The zero-order valence-corrected chi connectivity index (χ0v) is 17.3. The van der Waals surface area contributed by atoms with Crippen molar-refractivity contribution in [2.24, 2.45) is 0 Å². The molecular weight excluding hydrogens is 376 g/mol. The summed E-state index contributed by atoms with van der Waals surface area (Å²) in [7, 11) is 0. The van der Waals surface area contributed by atoms with Gasteiger partial charge in [0, 0.05) is 31.8 Å². The molecule has 3 rings (SSSR count). The molecule has 0 radical (unpaired) electrons. The minimum atomic E-state index is -0.178. The molecule has 1 aromatic heterocycles. The predicted octanol–water partition coefficient (Wildman–Crippen LogP) is 2.31. The molecule has 0 unspecified atom stereocenters. The van der Waals surface area contributed by atoms with Crippen LogP contribution in [0.3, 0.4) is 0 Å². The van der Waals surface area contributed by atoms with Crippen molar-refractivity contribution in [2.45, 2.75) is 39.3 Å². The maximum atomic E-state index is 12.9. The number of hydrogen-bond donors (Lipinski definition) is 2. The maximum Gasteiger partial charge on any atom is 0.262 e. The molecule has 152 valence electrons. The first-order valence-corrected chi connectivity index (χ1v) is 10.3. The van der Waals surface area contributed by atoms with Gasteiger partial charge in [0.15, 0.2) is 4.77 Å². The Balaban J connectivity index is 1.78. The quantitative estimate of drug-likeness (QED) is 0.660. The number of fused-ring (bicyclic) bond motifs is 1. The van der Waals surface area contributed by atoms with Crippen molar-refractivity contribution in [3.8, 4) is 0 Å². The van der Waals surface area contributed by atoms with Gasteiger partial charge in [-0.25, -0.2) is 0 Å². The van der Waals surface area contributed by atoms with Crippen molar-refractivity contribution in [1.29, 1.82) is 0 Å². The van der Waals surface area contributed by atoms with Crippen molar-refractivity contribution < 1.29 is 9.53 Å². The van der Waals surface area contributed by atoms with E-state index in [9.17, 15) is 9.59 Å². The number of rotatable bonds is 8. The first-order valence-electron chi connectivity index (χ1n) is 9.92. The van der Waals surface area contributed by atoms with E-state index in [1.807, 2.05) is 0 Å². The summed E-state index contributed by atoms with van der Waals surface area (Å²) in [5.74, 6) is -0.178. The van der Waals surface area contributed by atoms with Crippen molar-refractivity contribution in [3.05, 3.63) is 38.9 Å². The molecule has 2 aromatic rings. The standard InChI is InChI=1S/C20H28N4O3S/c1-3-23(4-2)9-10-24-19(26)16-8-7-14(12-17(16)22-20(24)28)18(25)21-13-15-6-5-11-27-15/h7-8,12,15H,3-6,9-11,13H2,1-2H3,(H,21,25)(H,22,28)/t15-/m0/s1. The summed E-state index contributed by atoms with van der Waals surface area (Å²) in [6.07, 6.45) is 2.10. The molecule has 1 aromatic carbocycles. The average Bonchev–Trinajstić information content (AvgIpc) is 3.22. The number of nitrogens with zero attached hydrogens (tertiary/aromatic N) is 2.